The van der Waals surface area contributed by atoms with Crippen molar-refractivity contribution in [2.45, 2.75) is 40.7 Å². The highest BCUT2D eigenvalue weighted by Crippen LogP contribution is 2.33. The SMILES string of the molecule is CCNC(c1cnn(C)c1)C(C(C)C)C(C)C. The van der Waals surface area contributed by atoms with Crippen LogP contribution in [0, 0.1) is 17.8 Å². The first-order valence-electron chi connectivity index (χ1n) is 6.69. The average Bonchev–Trinajstić information content (AvgIpc) is 2.63. The van der Waals surface area contributed by atoms with Gasteiger partial charge >= 0.3 is 0 Å². The maximum atomic E-state index is 4.30. The van der Waals surface area contributed by atoms with Crippen molar-refractivity contribution < 1.29 is 0 Å². The molecule has 0 amide bonds. The summed E-state index contributed by atoms with van der Waals surface area (Å²) in [4.78, 5) is 0. The molecule has 0 saturated carbocycles. The molecule has 0 aromatic carbocycles. The van der Waals surface area contributed by atoms with Gasteiger partial charge in [0.05, 0.1) is 6.20 Å². The van der Waals surface area contributed by atoms with Crippen molar-refractivity contribution in [3.8, 4) is 0 Å². The molecule has 0 spiro atoms. The minimum atomic E-state index is 0.411. The highest BCUT2D eigenvalue weighted by Gasteiger charge is 2.28. The Hall–Kier alpha value is -0.830. The Kier molecular flexibility index (Phi) is 5.19. The minimum Gasteiger partial charge on any atom is -0.310 e. The van der Waals surface area contributed by atoms with E-state index in [4.69, 9.17) is 0 Å². The second-order valence-corrected chi connectivity index (χ2v) is 5.55. The summed E-state index contributed by atoms with van der Waals surface area (Å²) in [5, 5.41) is 7.92. The van der Waals surface area contributed by atoms with E-state index in [1.807, 2.05) is 17.9 Å². The van der Waals surface area contributed by atoms with Gasteiger partial charge in [0.2, 0.25) is 0 Å². The van der Waals surface area contributed by atoms with Gasteiger partial charge in [-0.25, -0.2) is 0 Å². The van der Waals surface area contributed by atoms with Crippen LogP contribution in [0.3, 0.4) is 0 Å². The van der Waals surface area contributed by atoms with Crippen molar-refractivity contribution in [3.63, 3.8) is 0 Å². The highest BCUT2D eigenvalue weighted by molar-refractivity contribution is 5.12. The lowest BCUT2D eigenvalue weighted by Gasteiger charge is -2.33. The Morgan fingerprint density at radius 3 is 2.18 bits per heavy atom. The fourth-order valence-electron chi connectivity index (χ4n) is 2.84. The van der Waals surface area contributed by atoms with E-state index in [1.54, 1.807) is 0 Å². The third-order valence-electron chi connectivity index (χ3n) is 3.43. The molecule has 1 atom stereocenters. The Labute approximate surface area is 106 Å². The molecule has 0 aliphatic carbocycles. The van der Waals surface area contributed by atoms with Crippen molar-refractivity contribution in [1.82, 2.24) is 15.1 Å². The zero-order chi connectivity index (χ0) is 13.0. The van der Waals surface area contributed by atoms with Crippen molar-refractivity contribution in [1.29, 1.82) is 0 Å². The fraction of sp³-hybridized carbons (Fsp3) is 0.786. The van der Waals surface area contributed by atoms with Gasteiger partial charge < -0.3 is 5.32 Å². The van der Waals surface area contributed by atoms with Crippen molar-refractivity contribution in [2.24, 2.45) is 24.8 Å². The summed E-state index contributed by atoms with van der Waals surface area (Å²) in [6.45, 7) is 12.4. The Bertz CT molecular complexity index is 320. The summed E-state index contributed by atoms with van der Waals surface area (Å²) >= 11 is 0. The number of aryl methyl sites for hydroxylation is 1. The lowest BCUT2D eigenvalue weighted by Crippen LogP contribution is -2.34. The van der Waals surface area contributed by atoms with E-state index in [-0.39, 0.29) is 0 Å². The number of hydrogen-bond acceptors (Lipinski definition) is 2. The van der Waals surface area contributed by atoms with Crippen LogP contribution >= 0.6 is 0 Å². The van der Waals surface area contributed by atoms with Crippen LogP contribution in [0.4, 0.5) is 0 Å². The van der Waals surface area contributed by atoms with Gasteiger partial charge in [-0.3, -0.25) is 4.68 Å². The van der Waals surface area contributed by atoms with Crippen LogP contribution in [0.15, 0.2) is 12.4 Å². The van der Waals surface area contributed by atoms with E-state index < -0.39 is 0 Å². The van der Waals surface area contributed by atoms with E-state index in [0.717, 1.165) is 6.54 Å². The lowest BCUT2D eigenvalue weighted by molar-refractivity contribution is 0.211. The molecule has 1 unspecified atom stereocenters. The molecule has 1 N–H and O–H groups in total. The summed E-state index contributed by atoms with van der Waals surface area (Å²) in [6.07, 6.45) is 4.12. The molecular formula is C14H27N3. The Morgan fingerprint density at radius 2 is 1.82 bits per heavy atom. The first kappa shape index (κ1) is 14.2. The fourth-order valence-corrected chi connectivity index (χ4v) is 2.84. The summed E-state index contributed by atoms with van der Waals surface area (Å²) < 4.78 is 1.89. The minimum absolute atomic E-state index is 0.411. The largest absolute Gasteiger partial charge is 0.310 e. The molecule has 3 nitrogen and oxygen atoms in total. The van der Waals surface area contributed by atoms with Gasteiger partial charge in [0.1, 0.15) is 0 Å². The molecule has 0 aliphatic heterocycles. The molecule has 1 rings (SSSR count). The van der Waals surface area contributed by atoms with Crippen LogP contribution in [0.2, 0.25) is 0 Å². The zero-order valence-electron chi connectivity index (χ0n) is 12.1. The molecule has 1 aromatic rings. The lowest BCUT2D eigenvalue weighted by atomic mass is 9.78. The first-order valence-corrected chi connectivity index (χ1v) is 6.69. The number of rotatable bonds is 6. The predicted molar refractivity (Wildman–Crippen MR) is 72.8 cm³/mol. The standard InChI is InChI=1S/C14H27N3/c1-7-15-14(12-8-16-17(6)9-12)13(10(2)3)11(4)5/h8-11,13-15H,7H2,1-6H3. The van der Waals surface area contributed by atoms with Crippen LogP contribution in [0.1, 0.15) is 46.2 Å². The van der Waals surface area contributed by atoms with Gasteiger partial charge in [-0.05, 0) is 24.3 Å². The van der Waals surface area contributed by atoms with Crippen molar-refractivity contribution in [2.75, 3.05) is 6.54 Å². The molecule has 3 heteroatoms. The van der Waals surface area contributed by atoms with Crippen molar-refractivity contribution in [3.05, 3.63) is 18.0 Å². The molecule has 0 fully saturated rings. The molecular weight excluding hydrogens is 210 g/mol. The van der Waals surface area contributed by atoms with Crippen LogP contribution < -0.4 is 5.32 Å². The van der Waals surface area contributed by atoms with Gasteiger partial charge in [0.25, 0.3) is 0 Å². The summed E-state index contributed by atoms with van der Waals surface area (Å²) in [5.74, 6) is 1.97. The van der Waals surface area contributed by atoms with E-state index in [1.165, 1.54) is 5.56 Å². The smallest absolute Gasteiger partial charge is 0.0537 e. The molecule has 1 aromatic heterocycles. The third-order valence-corrected chi connectivity index (χ3v) is 3.43. The number of aromatic nitrogens is 2. The van der Waals surface area contributed by atoms with Gasteiger partial charge in [-0.15, -0.1) is 0 Å². The van der Waals surface area contributed by atoms with Crippen LogP contribution in [-0.2, 0) is 7.05 Å². The van der Waals surface area contributed by atoms with Crippen LogP contribution in [0.25, 0.3) is 0 Å². The van der Waals surface area contributed by atoms with Gasteiger partial charge in [0, 0.05) is 24.8 Å². The summed E-state index contributed by atoms with van der Waals surface area (Å²) in [6, 6.07) is 0.411. The molecule has 1 heterocycles. The van der Waals surface area contributed by atoms with E-state index in [0.29, 0.717) is 23.8 Å². The van der Waals surface area contributed by atoms with E-state index in [2.05, 4.69) is 51.2 Å². The number of hydrogen-bond donors (Lipinski definition) is 1. The summed E-state index contributed by atoms with van der Waals surface area (Å²) in [7, 11) is 1.98. The van der Waals surface area contributed by atoms with Gasteiger partial charge in [0.15, 0.2) is 0 Å². The monoisotopic (exact) mass is 237 g/mol. The second-order valence-electron chi connectivity index (χ2n) is 5.55. The Morgan fingerprint density at radius 1 is 1.24 bits per heavy atom. The number of nitrogens with zero attached hydrogens (tertiary/aromatic N) is 2. The highest BCUT2D eigenvalue weighted by atomic mass is 15.2. The van der Waals surface area contributed by atoms with Crippen LogP contribution in [-0.4, -0.2) is 16.3 Å². The van der Waals surface area contributed by atoms with Gasteiger partial charge in [-0.2, -0.15) is 5.10 Å². The maximum absolute atomic E-state index is 4.30. The first-order chi connectivity index (χ1) is 7.97. The molecule has 98 valence electrons. The summed E-state index contributed by atoms with van der Waals surface area (Å²) in [5.41, 5.74) is 1.31. The third kappa shape index (κ3) is 3.56. The normalized spacial score (nSPS) is 13.9. The molecule has 17 heavy (non-hydrogen) atoms. The Balaban J connectivity index is 2.97. The molecule has 0 aliphatic rings. The quantitative estimate of drug-likeness (QED) is 0.824. The van der Waals surface area contributed by atoms with Gasteiger partial charge in [-0.1, -0.05) is 34.6 Å². The van der Waals surface area contributed by atoms with Crippen molar-refractivity contribution >= 4 is 0 Å². The molecule has 0 saturated heterocycles. The van der Waals surface area contributed by atoms with E-state index in [9.17, 15) is 0 Å². The molecule has 0 radical (unpaired) electrons. The average molecular weight is 237 g/mol. The maximum Gasteiger partial charge on any atom is 0.0537 e. The van der Waals surface area contributed by atoms with Crippen LogP contribution in [0.5, 0.6) is 0 Å². The number of nitrogens with one attached hydrogen (secondary N) is 1. The topological polar surface area (TPSA) is 29.9 Å². The zero-order valence-corrected chi connectivity index (χ0v) is 12.1. The molecule has 0 bridgehead atoms. The second kappa shape index (κ2) is 6.20. The predicted octanol–water partition coefficient (Wildman–Crippen LogP) is 3.00. The van der Waals surface area contributed by atoms with E-state index >= 15 is 0 Å².